The van der Waals surface area contributed by atoms with E-state index in [2.05, 4.69) is 20.6 Å². The first-order valence-electron chi connectivity index (χ1n) is 9.25. The number of nitrogens with one attached hydrogen (secondary N) is 1. The van der Waals surface area contributed by atoms with Crippen LogP contribution in [0.1, 0.15) is 23.1 Å². The van der Waals surface area contributed by atoms with E-state index < -0.39 is 6.10 Å². The number of oxime groups is 1. The summed E-state index contributed by atoms with van der Waals surface area (Å²) in [5.74, 6) is 0.581. The molecule has 148 valence electrons. The Labute approximate surface area is 168 Å². The van der Waals surface area contributed by atoms with Gasteiger partial charge < -0.3 is 9.57 Å². The van der Waals surface area contributed by atoms with Gasteiger partial charge in [0, 0.05) is 12.0 Å². The van der Waals surface area contributed by atoms with Crippen molar-refractivity contribution in [3.8, 4) is 5.75 Å². The van der Waals surface area contributed by atoms with Gasteiger partial charge in [0.25, 0.3) is 5.91 Å². The fourth-order valence-corrected chi connectivity index (χ4v) is 3.14. The highest BCUT2D eigenvalue weighted by atomic mass is 16.6. The van der Waals surface area contributed by atoms with Crippen molar-refractivity contribution in [2.75, 3.05) is 12.4 Å². The largest absolute Gasteiger partial charge is 0.496 e. The summed E-state index contributed by atoms with van der Waals surface area (Å²) >= 11 is 0. The van der Waals surface area contributed by atoms with Gasteiger partial charge in [0.2, 0.25) is 12.1 Å². The van der Waals surface area contributed by atoms with Crippen LogP contribution in [0, 0.1) is 6.92 Å². The number of carbonyl (C=O) groups is 1. The Kier molecular flexibility index (Phi) is 5.24. The van der Waals surface area contributed by atoms with Crippen molar-refractivity contribution in [1.29, 1.82) is 0 Å². The van der Waals surface area contributed by atoms with E-state index in [1.165, 1.54) is 5.56 Å². The quantitative estimate of drug-likeness (QED) is 0.698. The van der Waals surface area contributed by atoms with E-state index in [-0.39, 0.29) is 11.9 Å². The van der Waals surface area contributed by atoms with Gasteiger partial charge in [0.1, 0.15) is 12.1 Å². The molecule has 29 heavy (non-hydrogen) atoms. The van der Waals surface area contributed by atoms with Crippen molar-refractivity contribution in [2.45, 2.75) is 26.0 Å². The first-order chi connectivity index (χ1) is 14.1. The van der Waals surface area contributed by atoms with Crippen LogP contribution in [0.3, 0.4) is 0 Å². The number of hydrogen-bond donors (Lipinski definition) is 1. The summed E-state index contributed by atoms with van der Waals surface area (Å²) < 4.78 is 7.03. The summed E-state index contributed by atoms with van der Waals surface area (Å²) in [5, 5.41) is 11.1. The maximum Gasteiger partial charge on any atom is 0.271 e. The van der Waals surface area contributed by atoms with Crippen molar-refractivity contribution in [3.05, 3.63) is 71.5 Å². The highest BCUT2D eigenvalue weighted by molar-refractivity contribution is 6.07. The lowest BCUT2D eigenvalue weighted by Crippen LogP contribution is -2.28. The molecule has 1 amide bonds. The van der Waals surface area contributed by atoms with Crippen LogP contribution >= 0.6 is 0 Å². The Morgan fingerprint density at radius 2 is 2.03 bits per heavy atom. The smallest absolute Gasteiger partial charge is 0.271 e. The molecule has 2 heterocycles. The summed E-state index contributed by atoms with van der Waals surface area (Å²) in [6.07, 6.45) is 1.20. The predicted octanol–water partition coefficient (Wildman–Crippen LogP) is 2.78. The molecule has 1 N–H and O–H groups in total. The van der Waals surface area contributed by atoms with E-state index in [1.54, 1.807) is 18.1 Å². The summed E-state index contributed by atoms with van der Waals surface area (Å²) in [6.45, 7) is 2.63. The van der Waals surface area contributed by atoms with Crippen LogP contribution in [0.15, 0.2) is 60.0 Å². The Balaban J connectivity index is 1.37. The van der Waals surface area contributed by atoms with Gasteiger partial charge >= 0.3 is 0 Å². The summed E-state index contributed by atoms with van der Waals surface area (Å²) in [6, 6.07) is 15.6. The number of carbonyl (C=O) groups excluding carboxylic acids is 1. The minimum absolute atomic E-state index is 0.234. The standard InChI is InChI=1S/C21H21N5O3/c1-14-7-3-4-8-15(14)12-26-13-22-21(24-26)23-20(27)19-11-17(25-29-19)16-9-5-6-10-18(16)28-2/h3-10,13,19H,11-12H2,1-2H3,(H,23,24,27). The lowest BCUT2D eigenvalue weighted by atomic mass is 10.0. The predicted molar refractivity (Wildman–Crippen MR) is 108 cm³/mol. The fourth-order valence-electron chi connectivity index (χ4n) is 3.14. The molecule has 4 rings (SSSR count). The number of para-hydroxylation sites is 1. The van der Waals surface area contributed by atoms with Gasteiger partial charge in [-0.25, -0.2) is 9.67 Å². The van der Waals surface area contributed by atoms with Crippen LogP contribution in [-0.2, 0) is 16.2 Å². The van der Waals surface area contributed by atoms with Crippen molar-refractivity contribution in [3.63, 3.8) is 0 Å². The van der Waals surface area contributed by atoms with Crippen LogP contribution in [0.2, 0.25) is 0 Å². The topological polar surface area (TPSA) is 90.6 Å². The molecule has 1 atom stereocenters. The molecule has 0 radical (unpaired) electrons. The SMILES string of the molecule is COc1ccccc1C1=NOC(C(=O)Nc2ncn(Cc3ccccc3C)n2)C1. The number of hydrogen-bond acceptors (Lipinski definition) is 6. The Hall–Kier alpha value is -3.68. The summed E-state index contributed by atoms with van der Waals surface area (Å²) in [4.78, 5) is 22.0. The molecule has 0 saturated heterocycles. The third-order valence-electron chi connectivity index (χ3n) is 4.74. The van der Waals surface area contributed by atoms with Crippen LogP contribution in [0.4, 0.5) is 5.95 Å². The molecule has 0 saturated carbocycles. The van der Waals surface area contributed by atoms with Crippen molar-refractivity contribution in [2.24, 2.45) is 5.16 Å². The number of aromatic nitrogens is 3. The number of methoxy groups -OCH3 is 1. The molecule has 1 unspecified atom stereocenters. The maximum absolute atomic E-state index is 12.5. The van der Waals surface area contributed by atoms with E-state index in [9.17, 15) is 4.79 Å². The molecule has 0 fully saturated rings. The zero-order valence-corrected chi connectivity index (χ0v) is 16.2. The minimum atomic E-state index is -0.738. The summed E-state index contributed by atoms with van der Waals surface area (Å²) in [7, 11) is 1.60. The van der Waals surface area contributed by atoms with Crippen LogP contribution in [0.25, 0.3) is 0 Å². The van der Waals surface area contributed by atoms with Crippen LogP contribution < -0.4 is 10.1 Å². The molecular weight excluding hydrogens is 370 g/mol. The average molecular weight is 391 g/mol. The molecule has 8 heteroatoms. The second-order valence-electron chi connectivity index (χ2n) is 6.72. The maximum atomic E-state index is 12.5. The molecule has 0 spiro atoms. The number of nitrogens with zero attached hydrogens (tertiary/aromatic N) is 4. The zero-order chi connectivity index (χ0) is 20.2. The number of benzene rings is 2. The van der Waals surface area contributed by atoms with E-state index in [4.69, 9.17) is 9.57 Å². The number of rotatable bonds is 6. The van der Waals surface area contributed by atoms with Gasteiger partial charge in [-0.1, -0.05) is 41.6 Å². The molecule has 1 aromatic heterocycles. The number of anilines is 1. The highest BCUT2D eigenvalue weighted by Crippen LogP contribution is 2.24. The fraction of sp³-hybridized carbons (Fsp3) is 0.238. The van der Waals surface area contributed by atoms with Crippen molar-refractivity contribution in [1.82, 2.24) is 14.8 Å². The highest BCUT2D eigenvalue weighted by Gasteiger charge is 2.30. The molecule has 1 aliphatic heterocycles. The van der Waals surface area contributed by atoms with Crippen LogP contribution in [-0.4, -0.2) is 39.6 Å². The number of aryl methyl sites for hydroxylation is 1. The monoisotopic (exact) mass is 391 g/mol. The second-order valence-corrected chi connectivity index (χ2v) is 6.72. The minimum Gasteiger partial charge on any atom is -0.496 e. The van der Waals surface area contributed by atoms with Crippen molar-refractivity contribution >= 4 is 17.6 Å². The van der Waals surface area contributed by atoms with E-state index >= 15 is 0 Å². The number of ether oxygens (including phenoxy) is 1. The average Bonchev–Trinajstić information content (AvgIpc) is 3.39. The number of amides is 1. The zero-order valence-electron chi connectivity index (χ0n) is 16.2. The van der Waals surface area contributed by atoms with Gasteiger partial charge in [-0.05, 0) is 30.2 Å². The Bertz CT molecular complexity index is 1060. The van der Waals surface area contributed by atoms with Gasteiger partial charge in [-0.15, -0.1) is 5.10 Å². The molecule has 8 nitrogen and oxygen atoms in total. The van der Waals surface area contributed by atoms with Crippen LogP contribution in [0.5, 0.6) is 5.75 Å². The third kappa shape index (κ3) is 4.11. The lowest BCUT2D eigenvalue weighted by Gasteiger charge is -2.08. The third-order valence-corrected chi connectivity index (χ3v) is 4.74. The van der Waals surface area contributed by atoms with Gasteiger partial charge in [0.15, 0.2) is 0 Å². The van der Waals surface area contributed by atoms with E-state index in [0.717, 1.165) is 11.1 Å². The molecule has 0 bridgehead atoms. The van der Waals surface area contributed by atoms with E-state index in [1.807, 2.05) is 55.5 Å². The molecule has 3 aromatic rings. The summed E-state index contributed by atoms with van der Waals surface area (Å²) in [5.41, 5.74) is 3.80. The molecule has 1 aliphatic rings. The van der Waals surface area contributed by atoms with Gasteiger partial charge in [-0.3, -0.25) is 10.1 Å². The molecule has 2 aromatic carbocycles. The van der Waals surface area contributed by atoms with Gasteiger partial charge in [-0.2, -0.15) is 0 Å². The first kappa shape index (κ1) is 18.7. The molecular formula is C21H21N5O3. The lowest BCUT2D eigenvalue weighted by molar-refractivity contribution is -0.125. The van der Waals surface area contributed by atoms with Gasteiger partial charge in [0.05, 0.1) is 19.4 Å². The Morgan fingerprint density at radius 1 is 1.24 bits per heavy atom. The molecule has 0 aliphatic carbocycles. The van der Waals surface area contributed by atoms with Crippen molar-refractivity contribution < 1.29 is 14.4 Å². The first-order valence-corrected chi connectivity index (χ1v) is 9.25. The second kappa shape index (κ2) is 8.14. The normalized spacial score (nSPS) is 15.5. The van der Waals surface area contributed by atoms with E-state index in [0.29, 0.717) is 24.4 Å². The Morgan fingerprint density at radius 3 is 2.86 bits per heavy atom.